The summed E-state index contributed by atoms with van der Waals surface area (Å²) in [6, 6.07) is 11.0. The number of imide groups is 1. The van der Waals surface area contributed by atoms with Crippen LogP contribution in [-0.2, 0) is 0 Å². The number of methoxy groups -OCH3 is 2. The number of benzene rings is 2. The second kappa shape index (κ2) is 6.56. The fourth-order valence-electron chi connectivity index (χ4n) is 1.72. The predicted octanol–water partition coefficient (Wildman–Crippen LogP) is 2.27. The van der Waals surface area contributed by atoms with Gasteiger partial charge in [-0.3, -0.25) is 14.9 Å². The molecule has 0 radical (unpaired) electrons. The first-order valence-corrected chi connectivity index (χ1v) is 5.88. The second-order valence-electron chi connectivity index (χ2n) is 3.98. The van der Waals surface area contributed by atoms with E-state index in [2.05, 4.69) is 5.32 Å². The van der Waals surface area contributed by atoms with Crippen LogP contribution in [0.4, 0.5) is 0 Å². The van der Waals surface area contributed by atoms with Crippen molar-refractivity contribution in [2.75, 3.05) is 14.1 Å². The van der Waals surface area contributed by atoms with Crippen molar-refractivity contribution in [3.05, 3.63) is 59.7 Å². The van der Waals surface area contributed by atoms with Gasteiger partial charge in [0.1, 0.15) is 11.5 Å². The molecule has 2 rings (SSSR count). The van der Waals surface area contributed by atoms with E-state index in [-0.39, 0.29) is 22.6 Å². The van der Waals surface area contributed by atoms with E-state index in [9.17, 15) is 9.59 Å². The maximum Gasteiger partial charge on any atom is 0.261 e. The van der Waals surface area contributed by atoms with Gasteiger partial charge in [-0.15, -0.1) is 0 Å². The molecular weight excluding hydrogens is 270 g/mol. The predicted molar refractivity (Wildman–Crippen MR) is 77.8 cm³/mol. The number of para-hydroxylation sites is 2. The topological polar surface area (TPSA) is 64.6 Å². The standard InChI is InChI=1S/C16H15NO4/c1-20-13-9-5-3-7-11(13)15(18)17-16(19)12-8-4-6-10-14(12)21-2/h3-10H,1-2H3,(H,17,18,19)/i1D3,2D3. The van der Waals surface area contributed by atoms with Crippen molar-refractivity contribution >= 4 is 11.8 Å². The zero-order valence-corrected chi connectivity index (χ0v) is 10.8. The summed E-state index contributed by atoms with van der Waals surface area (Å²) in [5.41, 5.74) is -0.340. The van der Waals surface area contributed by atoms with Crippen LogP contribution in [0.2, 0.25) is 0 Å². The highest BCUT2D eigenvalue weighted by molar-refractivity contribution is 6.12. The van der Waals surface area contributed by atoms with Gasteiger partial charge in [0.05, 0.1) is 33.4 Å². The molecule has 0 aliphatic rings. The van der Waals surface area contributed by atoms with Crippen LogP contribution < -0.4 is 14.8 Å². The van der Waals surface area contributed by atoms with Crippen molar-refractivity contribution in [2.45, 2.75) is 0 Å². The number of nitrogens with one attached hydrogen (secondary N) is 1. The van der Waals surface area contributed by atoms with Gasteiger partial charge in [-0.05, 0) is 24.3 Å². The maximum absolute atomic E-state index is 12.4. The molecule has 0 heterocycles. The van der Waals surface area contributed by atoms with Gasteiger partial charge in [-0.2, -0.15) is 0 Å². The molecule has 5 heteroatoms. The van der Waals surface area contributed by atoms with Crippen LogP contribution in [0, 0.1) is 0 Å². The molecule has 2 aromatic rings. The van der Waals surface area contributed by atoms with Gasteiger partial charge in [0.2, 0.25) is 0 Å². The van der Waals surface area contributed by atoms with E-state index >= 15 is 0 Å². The molecule has 1 N–H and O–H groups in total. The zero-order chi connectivity index (χ0) is 20.2. The van der Waals surface area contributed by atoms with Gasteiger partial charge in [-0.1, -0.05) is 24.3 Å². The van der Waals surface area contributed by atoms with Crippen molar-refractivity contribution in [1.82, 2.24) is 5.32 Å². The molecule has 0 saturated heterocycles. The molecule has 0 aliphatic heterocycles. The lowest BCUT2D eigenvalue weighted by Crippen LogP contribution is -2.31. The maximum atomic E-state index is 12.4. The van der Waals surface area contributed by atoms with Crippen LogP contribution in [0.5, 0.6) is 11.5 Å². The Morgan fingerprint density at radius 3 is 1.71 bits per heavy atom. The van der Waals surface area contributed by atoms with Crippen LogP contribution in [-0.4, -0.2) is 25.9 Å². The van der Waals surface area contributed by atoms with E-state index in [0.717, 1.165) is 0 Å². The van der Waals surface area contributed by atoms with Crippen molar-refractivity contribution in [1.29, 1.82) is 0 Å². The molecule has 0 fully saturated rings. The molecule has 0 aromatic heterocycles. The summed E-state index contributed by atoms with van der Waals surface area (Å²) in [6.07, 6.45) is 0. The summed E-state index contributed by atoms with van der Waals surface area (Å²) in [5, 5.41) is 2.06. The smallest absolute Gasteiger partial charge is 0.261 e. The molecule has 2 amide bonds. The molecule has 21 heavy (non-hydrogen) atoms. The molecule has 0 atom stereocenters. The van der Waals surface area contributed by atoms with Gasteiger partial charge >= 0.3 is 0 Å². The number of amides is 2. The van der Waals surface area contributed by atoms with Crippen LogP contribution in [0.25, 0.3) is 0 Å². The molecule has 0 bridgehead atoms. The molecule has 0 unspecified atom stereocenters. The van der Waals surface area contributed by atoms with E-state index in [0.29, 0.717) is 0 Å². The molecular formula is C16H15NO4. The highest BCUT2D eigenvalue weighted by Crippen LogP contribution is 2.19. The first-order valence-electron chi connectivity index (χ1n) is 8.88. The molecule has 0 saturated carbocycles. The number of carbonyl (C=O) groups is 2. The first-order chi connectivity index (χ1) is 12.5. The van der Waals surface area contributed by atoms with Crippen molar-refractivity contribution in [3.63, 3.8) is 0 Å². The average Bonchev–Trinajstić information content (AvgIpc) is 2.52. The Labute approximate surface area is 130 Å². The summed E-state index contributed by atoms with van der Waals surface area (Å²) in [4.78, 5) is 24.8. The minimum Gasteiger partial charge on any atom is -0.496 e. The Hall–Kier alpha value is -2.82. The van der Waals surface area contributed by atoms with E-state index in [1.54, 1.807) is 0 Å². The molecule has 0 spiro atoms. The van der Waals surface area contributed by atoms with Crippen LogP contribution in [0.15, 0.2) is 48.5 Å². The van der Waals surface area contributed by atoms with Gasteiger partial charge in [0.15, 0.2) is 0 Å². The van der Waals surface area contributed by atoms with E-state index < -0.39 is 25.9 Å². The highest BCUT2D eigenvalue weighted by Gasteiger charge is 2.17. The third-order valence-corrected chi connectivity index (χ3v) is 2.71. The molecule has 0 aliphatic carbocycles. The monoisotopic (exact) mass is 291 g/mol. The number of carbonyl (C=O) groups excluding carboxylic acids is 2. The van der Waals surface area contributed by atoms with Crippen molar-refractivity contribution in [2.24, 2.45) is 0 Å². The quantitative estimate of drug-likeness (QED) is 0.878. The third-order valence-electron chi connectivity index (χ3n) is 2.71. The number of hydrogen-bond acceptors (Lipinski definition) is 4. The van der Waals surface area contributed by atoms with E-state index in [1.807, 2.05) is 0 Å². The number of rotatable bonds is 4. The van der Waals surface area contributed by atoms with Crippen LogP contribution >= 0.6 is 0 Å². The van der Waals surface area contributed by atoms with E-state index in [1.165, 1.54) is 48.5 Å². The Morgan fingerprint density at radius 2 is 1.29 bits per heavy atom. The highest BCUT2D eigenvalue weighted by atomic mass is 16.5. The lowest BCUT2D eigenvalue weighted by Gasteiger charge is -2.10. The van der Waals surface area contributed by atoms with Crippen molar-refractivity contribution < 1.29 is 27.3 Å². The van der Waals surface area contributed by atoms with Gasteiger partial charge in [0, 0.05) is 0 Å². The van der Waals surface area contributed by atoms with E-state index in [4.69, 9.17) is 17.7 Å². The fourth-order valence-corrected chi connectivity index (χ4v) is 1.72. The lowest BCUT2D eigenvalue weighted by atomic mass is 10.1. The molecule has 108 valence electrons. The SMILES string of the molecule is [2H]C([2H])([2H])Oc1ccccc1C(=O)NC(=O)c1ccccc1OC([2H])([2H])[2H]. The lowest BCUT2D eigenvalue weighted by molar-refractivity contribution is 0.0846. The van der Waals surface area contributed by atoms with Gasteiger partial charge in [-0.25, -0.2) is 0 Å². The summed E-state index contributed by atoms with van der Waals surface area (Å²) in [5.74, 6) is -2.28. The Kier molecular flexibility index (Phi) is 2.64. The summed E-state index contributed by atoms with van der Waals surface area (Å²) in [6.45, 7) is 0. The largest absolute Gasteiger partial charge is 0.496 e. The third kappa shape index (κ3) is 3.20. The fraction of sp³-hybridized carbons (Fsp3) is 0.125. The van der Waals surface area contributed by atoms with Crippen LogP contribution in [0.3, 0.4) is 0 Å². The zero-order valence-electron chi connectivity index (χ0n) is 16.8. The first kappa shape index (κ1) is 8.46. The summed E-state index contributed by atoms with van der Waals surface area (Å²) in [7, 11) is -5.55. The second-order valence-corrected chi connectivity index (χ2v) is 3.98. The molecule has 5 nitrogen and oxygen atoms in total. The number of hydrogen-bond donors (Lipinski definition) is 1. The Bertz CT molecular complexity index is 778. The minimum absolute atomic E-state index is 0.170. The molecule has 2 aromatic carbocycles. The van der Waals surface area contributed by atoms with Crippen LogP contribution in [0.1, 0.15) is 28.9 Å². The van der Waals surface area contributed by atoms with Crippen molar-refractivity contribution in [3.8, 4) is 11.5 Å². The Balaban J connectivity index is 2.24. The summed E-state index contributed by atoms with van der Waals surface area (Å²) >= 11 is 0. The Morgan fingerprint density at radius 1 is 0.857 bits per heavy atom. The average molecular weight is 291 g/mol. The minimum atomic E-state index is -2.78. The van der Waals surface area contributed by atoms with Gasteiger partial charge in [0.25, 0.3) is 11.8 Å². The van der Waals surface area contributed by atoms with Gasteiger partial charge < -0.3 is 9.47 Å². The summed E-state index contributed by atoms with van der Waals surface area (Å²) < 4.78 is 52.3. The number of ether oxygens (including phenoxy) is 2. The normalized spacial score (nSPS) is 15.2.